The Bertz CT molecular complexity index is 420. The van der Waals surface area contributed by atoms with Crippen molar-refractivity contribution in [2.24, 2.45) is 5.92 Å². The first-order valence-electron chi connectivity index (χ1n) is 9.02. The second kappa shape index (κ2) is 10.8. The molecule has 0 fully saturated rings. The Morgan fingerprint density at radius 1 is 0.667 bits per heavy atom. The molecule has 0 aliphatic heterocycles. The topological polar surface area (TPSA) is 0 Å². The molecule has 0 aromatic heterocycles. The van der Waals surface area contributed by atoms with Crippen LogP contribution in [-0.4, -0.2) is 27.9 Å². The Morgan fingerprint density at radius 3 is 1.48 bits per heavy atom. The van der Waals surface area contributed by atoms with Crippen LogP contribution in [-0.2, 0) is 0 Å². The van der Waals surface area contributed by atoms with E-state index < -0.39 is 40.2 Å². The molecule has 0 N–H and O–H groups in total. The van der Waals surface area contributed by atoms with Gasteiger partial charge in [-0.2, -0.15) is 35.1 Å². The fraction of sp³-hybridized carbons (Fsp3) is 1.00. The lowest BCUT2D eigenvalue weighted by Crippen LogP contribution is -2.67. The monoisotopic (exact) mass is 528 g/mol. The quantitative estimate of drug-likeness (QED) is 0.103. The van der Waals surface area contributed by atoms with Crippen molar-refractivity contribution in [3.63, 3.8) is 0 Å². The highest BCUT2D eigenvalue weighted by atomic mass is 127. The Morgan fingerprint density at radius 2 is 1.11 bits per heavy atom. The molecule has 0 bridgehead atoms. The smallest absolute Gasteiger partial charge is 0.226 e. The Balaban J connectivity index is 5.24. The second-order valence-corrected chi connectivity index (χ2v) is 8.32. The zero-order valence-electron chi connectivity index (χ0n) is 15.3. The van der Waals surface area contributed by atoms with E-state index >= 15 is 0 Å². The van der Waals surface area contributed by atoms with E-state index in [2.05, 4.69) is 0 Å². The van der Waals surface area contributed by atoms with Gasteiger partial charge in [0.15, 0.2) is 0 Å². The summed E-state index contributed by atoms with van der Waals surface area (Å²) >= 11 is 1.37. The van der Waals surface area contributed by atoms with Crippen LogP contribution in [0.3, 0.4) is 0 Å². The van der Waals surface area contributed by atoms with Crippen LogP contribution in [0.25, 0.3) is 0 Å². The van der Waals surface area contributed by atoms with Crippen LogP contribution in [0.2, 0.25) is 0 Å². The molecule has 0 aromatic rings. The summed E-state index contributed by atoms with van der Waals surface area (Å²) in [7, 11) is 0. The van der Waals surface area contributed by atoms with Crippen LogP contribution in [0.5, 0.6) is 0 Å². The second-order valence-electron chi connectivity index (χ2n) is 6.72. The van der Waals surface area contributed by atoms with Crippen molar-refractivity contribution < 1.29 is 39.5 Å². The van der Waals surface area contributed by atoms with Crippen molar-refractivity contribution in [3.05, 3.63) is 0 Å². The molecule has 3 atom stereocenters. The van der Waals surface area contributed by atoms with Gasteiger partial charge in [-0.1, -0.05) is 81.4 Å². The van der Waals surface area contributed by atoms with Gasteiger partial charge in [-0.3, -0.25) is 0 Å². The zero-order chi connectivity index (χ0) is 21.5. The van der Waals surface area contributed by atoms with Crippen LogP contribution in [0.15, 0.2) is 0 Å². The van der Waals surface area contributed by atoms with Crippen molar-refractivity contribution in [2.75, 3.05) is 0 Å². The average Bonchev–Trinajstić information content (AvgIpc) is 2.52. The third-order valence-electron chi connectivity index (χ3n) is 4.70. The van der Waals surface area contributed by atoms with E-state index in [1.54, 1.807) is 0 Å². The van der Waals surface area contributed by atoms with Gasteiger partial charge in [0.25, 0.3) is 5.67 Å². The van der Waals surface area contributed by atoms with Crippen molar-refractivity contribution >= 4 is 22.6 Å². The number of alkyl halides is 10. The lowest BCUT2D eigenvalue weighted by molar-refractivity contribution is -0.395. The first-order chi connectivity index (χ1) is 12.2. The standard InChI is InChI=1S/C17H26F9I/c1-3-5-6-7-8-9-10-11-13(27)12(4-2)14(18,16(21,22)23)15(19,20)17(24,25)26/h12-13H,3-11H2,1-2H3. The van der Waals surface area contributed by atoms with Gasteiger partial charge in [-0.25, -0.2) is 4.39 Å². The summed E-state index contributed by atoms with van der Waals surface area (Å²) in [4.78, 5) is 0. The molecule has 10 heteroatoms. The number of unbranched alkanes of at least 4 members (excludes halogenated alkanes) is 6. The summed E-state index contributed by atoms with van der Waals surface area (Å²) in [5, 5.41) is 0. The molecule has 0 radical (unpaired) electrons. The normalized spacial score (nSPS) is 18.2. The first-order valence-corrected chi connectivity index (χ1v) is 10.3. The maximum Gasteiger partial charge on any atom is 0.457 e. The zero-order valence-corrected chi connectivity index (χ0v) is 17.5. The van der Waals surface area contributed by atoms with E-state index in [4.69, 9.17) is 0 Å². The van der Waals surface area contributed by atoms with Crippen LogP contribution in [0.4, 0.5) is 39.5 Å². The Labute approximate surface area is 167 Å². The predicted molar refractivity (Wildman–Crippen MR) is 95.1 cm³/mol. The number of halogens is 10. The maximum absolute atomic E-state index is 14.6. The van der Waals surface area contributed by atoms with Crippen LogP contribution >= 0.6 is 22.6 Å². The molecular weight excluding hydrogens is 502 g/mol. The SMILES string of the molecule is CCCCCCCCCC(I)C(CC)C(F)(C(F)(F)F)C(F)(F)C(F)(F)F. The number of hydrogen-bond donors (Lipinski definition) is 0. The minimum Gasteiger partial charge on any atom is -0.226 e. The molecule has 0 heterocycles. The fourth-order valence-corrected chi connectivity index (χ4v) is 4.56. The number of hydrogen-bond acceptors (Lipinski definition) is 0. The van der Waals surface area contributed by atoms with Gasteiger partial charge >= 0.3 is 18.3 Å². The summed E-state index contributed by atoms with van der Waals surface area (Å²) in [5.41, 5.74) is -5.67. The molecule has 0 aliphatic carbocycles. The maximum atomic E-state index is 14.6. The lowest BCUT2D eigenvalue weighted by Gasteiger charge is -2.42. The molecule has 0 aromatic carbocycles. The van der Waals surface area contributed by atoms with E-state index in [0.717, 1.165) is 39.0 Å². The Kier molecular flexibility index (Phi) is 10.8. The minimum atomic E-state index is -6.64. The summed E-state index contributed by atoms with van der Waals surface area (Å²) in [6.07, 6.45) is -8.07. The van der Waals surface area contributed by atoms with Crippen molar-refractivity contribution in [1.82, 2.24) is 0 Å². The van der Waals surface area contributed by atoms with E-state index in [1.807, 2.05) is 6.92 Å². The van der Waals surface area contributed by atoms with Crippen LogP contribution in [0, 0.1) is 5.92 Å². The van der Waals surface area contributed by atoms with Crippen molar-refractivity contribution in [2.45, 2.75) is 99.5 Å². The number of rotatable bonds is 12. The first kappa shape index (κ1) is 27.1. The molecule has 0 amide bonds. The van der Waals surface area contributed by atoms with Gasteiger partial charge in [0.1, 0.15) is 0 Å². The largest absolute Gasteiger partial charge is 0.457 e. The summed E-state index contributed by atoms with van der Waals surface area (Å²) in [5.74, 6) is -9.03. The minimum absolute atomic E-state index is 0.0530. The fourth-order valence-electron chi connectivity index (χ4n) is 3.11. The predicted octanol–water partition coefficient (Wildman–Crippen LogP) is 8.43. The molecule has 0 saturated carbocycles. The molecule has 164 valence electrons. The lowest BCUT2D eigenvalue weighted by atomic mass is 9.77. The van der Waals surface area contributed by atoms with Crippen molar-refractivity contribution in [3.8, 4) is 0 Å². The molecule has 0 nitrogen and oxygen atoms in total. The summed E-state index contributed by atoms with van der Waals surface area (Å²) in [6, 6.07) is 0. The van der Waals surface area contributed by atoms with E-state index in [0.29, 0.717) is 12.8 Å². The van der Waals surface area contributed by atoms with Crippen LogP contribution < -0.4 is 0 Å². The van der Waals surface area contributed by atoms with E-state index in [-0.39, 0.29) is 6.42 Å². The summed E-state index contributed by atoms with van der Waals surface area (Å²) in [6.45, 7) is 3.03. The molecule has 0 spiro atoms. The van der Waals surface area contributed by atoms with Gasteiger partial charge in [-0.05, 0) is 12.8 Å². The molecule has 27 heavy (non-hydrogen) atoms. The Hall–Kier alpha value is 0.1000. The third kappa shape index (κ3) is 6.55. The third-order valence-corrected chi connectivity index (χ3v) is 6.19. The van der Waals surface area contributed by atoms with Gasteiger partial charge in [0.05, 0.1) is 0 Å². The van der Waals surface area contributed by atoms with Gasteiger partial charge in [-0.15, -0.1) is 0 Å². The highest BCUT2D eigenvalue weighted by Gasteiger charge is 2.83. The van der Waals surface area contributed by atoms with Gasteiger partial charge < -0.3 is 0 Å². The molecule has 0 rings (SSSR count). The van der Waals surface area contributed by atoms with Crippen LogP contribution in [0.1, 0.15) is 71.6 Å². The van der Waals surface area contributed by atoms with Gasteiger partial charge in [0, 0.05) is 9.84 Å². The summed E-state index contributed by atoms with van der Waals surface area (Å²) < 4.78 is 118. The van der Waals surface area contributed by atoms with Crippen molar-refractivity contribution in [1.29, 1.82) is 0 Å². The van der Waals surface area contributed by atoms with E-state index in [1.165, 1.54) is 22.6 Å². The molecule has 0 saturated heterocycles. The highest BCUT2D eigenvalue weighted by Crippen LogP contribution is 2.58. The van der Waals surface area contributed by atoms with Gasteiger partial charge in [0.2, 0.25) is 0 Å². The highest BCUT2D eigenvalue weighted by molar-refractivity contribution is 14.1. The average molecular weight is 528 g/mol. The molecule has 0 aliphatic rings. The molecule has 3 unspecified atom stereocenters. The van der Waals surface area contributed by atoms with E-state index in [9.17, 15) is 39.5 Å². The molecular formula is C17H26F9I.